The van der Waals surface area contributed by atoms with Gasteiger partial charge in [-0.1, -0.05) is 43.3 Å². The van der Waals surface area contributed by atoms with E-state index in [2.05, 4.69) is 17.4 Å². The summed E-state index contributed by atoms with van der Waals surface area (Å²) in [4.78, 5) is 18.2. The quantitative estimate of drug-likeness (QED) is 0.587. The fourth-order valence-corrected chi connectivity index (χ4v) is 2.10. The lowest BCUT2D eigenvalue weighted by molar-refractivity contribution is -0.159. The average Bonchev–Trinajstić information content (AvgIpc) is 2.60. The maximum atomic E-state index is 9.99. The van der Waals surface area contributed by atoms with Crippen LogP contribution in [0.15, 0.2) is 42.5 Å². The Hall–Kier alpha value is -2.64. The Morgan fingerprint density at radius 3 is 2.28 bits per heavy atom. The molecule has 0 radical (unpaired) electrons. The molecule has 0 saturated heterocycles. The number of aliphatic carboxylic acids is 2. The number of likely N-dealkylation sites (N-methyl/N-ethyl adjacent to an activating group) is 1. The summed E-state index contributed by atoms with van der Waals surface area (Å²) in [6.45, 7) is 5.12. The van der Waals surface area contributed by atoms with E-state index in [4.69, 9.17) is 24.5 Å². The highest BCUT2D eigenvalue weighted by Gasteiger charge is 2.14. The summed E-state index contributed by atoms with van der Waals surface area (Å²) in [5.74, 6) is -2.83. The zero-order valence-electron chi connectivity index (χ0n) is 14.2. The van der Waals surface area contributed by atoms with Gasteiger partial charge in [-0.2, -0.15) is 0 Å². The van der Waals surface area contributed by atoms with Crippen molar-refractivity contribution in [2.75, 3.05) is 13.2 Å². The number of carbonyl (C=O) groups is 2. The monoisotopic (exact) mass is 349 g/mol. The van der Waals surface area contributed by atoms with Crippen molar-refractivity contribution in [3.8, 4) is 5.75 Å². The molecule has 2 aromatic rings. The Morgan fingerprint density at radius 2 is 1.68 bits per heavy atom. The van der Waals surface area contributed by atoms with E-state index in [0.29, 0.717) is 6.61 Å². The van der Waals surface area contributed by atoms with E-state index >= 15 is 0 Å². The highest BCUT2D eigenvalue weighted by Crippen LogP contribution is 2.25. The Balaban J connectivity index is 0.000000450. The molecule has 0 aromatic heterocycles. The smallest absolute Gasteiger partial charge is 0.414 e. The van der Waals surface area contributed by atoms with Crippen molar-refractivity contribution in [2.24, 2.45) is 0 Å². The number of hydrogen-bond acceptors (Lipinski definition) is 5. The van der Waals surface area contributed by atoms with E-state index in [0.717, 1.165) is 23.1 Å². The largest absolute Gasteiger partial charge is 0.490 e. The molecule has 2 rings (SSSR count). The first-order valence-corrected chi connectivity index (χ1v) is 7.85. The number of fused-ring (bicyclic) bond motifs is 1. The van der Waals surface area contributed by atoms with Crippen molar-refractivity contribution in [1.82, 2.24) is 5.32 Å². The van der Waals surface area contributed by atoms with Gasteiger partial charge < -0.3 is 25.4 Å². The lowest BCUT2D eigenvalue weighted by Gasteiger charge is -2.20. The summed E-state index contributed by atoms with van der Waals surface area (Å²) in [5, 5.41) is 30.2. The SMILES string of the molecule is CCNC(C)C(O)COc1cccc2ccccc12.O=C(O)C(=O)O. The van der Waals surface area contributed by atoms with E-state index in [9.17, 15) is 5.11 Å². The third kappa shape index (κ3) is 6.78. The Kier molecular flexibility index (Phi) is 8.38. The second-order valence-corrected chi connectivity index (χ2v) is 5.31. The second-order valence-electron chi connectivity index (χ2n) is 5.31. The number of hydrogen-bond donors (Lipinski definition) is 4. The number of aliphatic hydroxyl groups excluding tert-OH is 1. The molecule has 0 bridgehead atoms. The number of carboxylic acids is 2. The summed E-state index contributed by atoms with van der Waals surface area (Å²) in [6.07, 6.45) is -0.515. The molecule has 0 amide bonds. The number of rotatable bonds is 6. The Labute approximate surface area is 145 Å². The molecule has 0 saturated carbocycles. The van der Waals surface area contributed by atoms with Gasteiger partial charge >= 0.3 is 11.9 Å². The maximum absolute atomic E-state index is 9.99. The summed E-state index contributed by atoms with van der Waals surface area (Å²) in [7, 11) is 0. The molecule has 0 aliphatic rings. The van der Waals surface area contributed by atoms with Gasteiger partial charge in [-0.15, -0.1) is 0 Å². The molecular formula is C18H23NO6. The van der Waals surface area contributed by atoms with Crippen molar-refractivity contribution in [3.05, 3.63) is 42.5 Å². The van der Waals surface area contributed by atoms with Gasteiger partial charge in [-0.05, 0) is 24.9 Å². The van der Waals surface area contributed by atoms with E-state index in [1.165, 1.54) is 0 Å². The number of nitrogens with one attached hydrogen (secondary N) is 1. The summed E-state index contributed by atoms with van der Waals surface area (Å²) >= 11 is 0. The number of benzene rings is 2. The first kappa shape index (κ1) is 20.4. The normalized spacial score (nSPS) is 12.6. The minimum absolute atomic E-state index is 0.0278. The molecule has 0 spiro atoms. The minimum Gasteiger partial charge on any atom is -0.490 e. The first-order valence-electron chi connectivity index (χ1n) is 7.85. The van der Waals surface area contributed by atoms with Crippen LogP contribution in [0.25, 0.3) is 10.8 Å². The third-order valence-electron chi connectivity index (χ3n) is 3.45. The van der Waals surface area contributed by atoms with Gasteiger partial charge in [-0.3, -0.25) is 0 Å². The summed E-state index contributed by atoms with van der Waals surface area (Å²) in [6, 6.07) is 14.1. The average molecular weight is 349 g/mol. The van der Waals surface area contributed by atoms with Crippen molar-refractivity contribution in [3.63, 3.8) is 0 Å². The molecular weight excluding hydrogens is 326 g/mol. The van der Waals surface area contributed by atoms with Crippen LogP contribution in [0.1, 0.15) is 13.8 Å². The van der Waals surface area contributed by atoms with Gasteiger partial charge in [0.05, 0.1) is 0 Å². The van der Waals surface area contributed by atoms with E-state index < -0.39 is 18.0 Å². The summed E-state index contributed by atoms with van der Waals surface area (Å²) in [5.41, 5.74) is 0. The van der Waals surface area contributed by atoms with Gasteiger partial charge in [0.1, 0.15) is 18.5 Å². The Bertz CT molecular complexity index is 686. The predicted molar refractivity (Wildman–Crippen MR) is 93.9 cm³/mol. The van der Waals surface area contributed by atoms with E-state index in [-0.39, 0.29) is 6.04 Å². The van der Waals surface area contributed by atoms with Crippen LogP contribution in [0.4, 0.5) is 0 Å². The lowest BCUT2D eigenvalue weighted by atomic mass is 10.1. The fraction of sp³-hybridized carbons (Fsp3) is 0.333. The molecule has 0 aliphatic heterocycles. The maximum Gasteiger partial charge on any atom is 0.414 e. The van der Waals surface area contributed by atoms with Crippen LogP contribution in [-0.4, -0.2) is 52.6 Å². The van der Waals surface area contributed by atoms with Crippen molar-refractivity contribution in [1.29, 1.82) is 0 Å². The molecule has 2 atom stereocenters. The zero-order chi connectivity index (χ0) is 18.8. The van der Waals surface area contributed by atoms with E-state index in [1.54, 1.807) is 0 Å². The molecule has 25 heavy (non-hydrogen) atoms. The molecule has 0 heterocycles. The molecule has 7 heteroatoms. The van der Waals surface area contributed by atoms with Crippen LogP contribution in [0.5, 0.6) is 5.75 Å². The number of carboxylic acid groups (broad SMARTS) is 2. The number of ether oxygens (including phenoxy) is 1. The van der Waals surface area contributed by atoms with Crippen molar-refractivity contribution < 1.29 is 29.6 Å². The zero-order valence-corrected chi connectivity index (χ0v) is 14.2. The number of aliphatic hydroxyl groups is 1. The molecule has 4 N–H and O–H groups in total. The molecule has 136 valence electrons. The standard InChI is InChI=1S/C16H21NO2.C2H2O4/c1-3-17-12(2)15(18)11-19-16-10-6-8-13-7-4-5-9-14(13)16;3-1(4)2(5)6/h4-10,12,15,17-18H,3,11H2,1-2H3;(H,3,4)(H,5,6). The molecule has 2 aromatic carbocycles. The third-order valence-corrected chi connectivity index (χ3v) is 3.45. The van der Waals surface area contributed by atoms with Gasteiger partial charge in [-0.25, -0.2) is 9.59 Å². The van der Waals surface area contributed by atoms with Gasteiger partial charge in [0, 0.05) is 11.4 Å². The van der Waals surface area contributed by atoms with Gasteiger partial charge in [0.25, 0.3) is 0 Å². The first-order chi connectivity index (χ1) is 11.9. The van der Waals surface area contributed by atoms with Crippen molar-refractivity contribution in [2.45, 2.75) is 26.0 Å². The molecule has 2 unspecified atom stereocenters. The summed E-state index contributed by atoms with van der Waals surface area (Å²) < 4.78 is 5.76. The van der Waals surface area contributed by atoms with Gasteiger partial charge in [0.2, 0.25) is 0 Å². The second kappa shape index (κ2) is 10.3. The highest BCUT2D eigenvalue weighted by atomic mass is 16.5. The van der Waals surface area contributed by atoms with E-state index in [1.807, 2.05) is 44.2 Å². The lowest BCUT2D eigenvalue weighted by Crippen LogP contribution is -2.40. The predicted octanol–water partition coefficient (Wildman–Crippen LogP) is 1.73. The van der Waals surface area contributed by atoms with Crippen LogP contribution in [-0.2, 0) is 9.59 Å². The topological polar surface area (TPSA) is 116 Å². The molecule has 0 aliphatic carbocycles. The van der Waals surface area contributed by atoms with Crippen molar-refractivity contribution >= 4 is 22.7 Å². The van der Waals surface area contributed by atoms with Crippen LogP contribution in [0, 0.1) is 0 Å². The van der Waals surface area contributed by atoms with Crippen LogP contribution in [0.3, 0.4) is 0 Å². The van der Waals surface area contributed by atoms with Gasteiger partial charge in [0.15, 0.2) is 0 Å². The molecule has 0 fully saturated rings. The van der Waals surface area contributed by atoms with Crippen LogP contribution < -0.4 is 10.1 Å². The minimum atomic E-state index is -1.82. The highest BCUT2D eigenvalue weighted by molar-refractivity contribution is 6.27. The fourth-order valence-electron chi connectivity index (χ4n) is 2.10. The molecule has 7 nitrogen and oxygen atoms in total. The van der Waals surface area contributed by atoms with Crippen LogP contribution in [0.2, 0.25) is 0 Å². The Morgan fingerprint density at radius 1 is 1.08 bits per heavy atom. The van der Waals surface area contributed by atoms with Crippen LogP contribution >= 0.6 is 0 Å².